The van der Waals surface area contributed by atoms with Gasteiger partial charge in [-0.25, -0.2) is 13.1 Å². The lowest BCUT2D eigenvalue weighted by Gasteiger charge is -2.04. The van der Waals surface area contributed by atoms with Gasteiger partial charge in [0, 0.05) is 26.2 Å². The summed E-state index contributed by atoms with van der Waals surface area (Å²) in [5, 5.41) is 8.47. The molecular formula is C12H19N3O5S. The van der Waals surface area contributed by atoms with E-state index < -0.39 is 21.9 Å². The van der Waals surface area contributed by atoms with Crippen molar-refractivity contribution in [2.75, 3.05) is 6.54 Å². The maximum Gasteiger partial charge on any atom is 0.303 e. The van der Waals surface area contributed by atoms with E-state index in [1.54, 1.807) is 0 Å². The lowest BCUT2D eigenvalue weighted by atomic mass is 10.2. The Balaban J connectivity index is 2.52. The normalized spacial score (nSPS) is 11.5. The lowest BCUT2D eigenvalue weighted by Crippen LogP contribution is -2.24. The first-order valence-electron chi connectivity index (χ1n) is 6.41. The third-order valence-corrected chi connectivity index (χ3v) is 4.33. The molecule has 1 aromatic heterocycles. The zero-order chi connectivity index (χ0) is 16.0. The number of unbranched alkanes of at least 4 members (excludes halogenated alkanes) is 2. The minimum atomic E-state index is -3.69. The molecule has 9 heteroatoms. The average Bonchev–Trinajstić information content (AvgIpc) is 2.76. The van der Waals surface area contributed by atoms with Crippen LogP contribution >= 0.6 is 0 Å². The number of aryl methyl sites for hydroxylation is 1. The molecule has 4 N–H and O–H groups in total. The Morgan fingerprint density at radius 3 is 2.52 bits per heavy atom. The molecule has 0 aromatic carbocycles. The number of rotatable bonds is 9. The molecule has 0 saturated heterocycles. The van der Waals surface area contributed by atoms with Crippen LogP contribution in [0.2, 0.25) is 0 Å². The van der Waals surface area contributed by atoms with Gasteiger partial charge in [-0.2, -0.15) is 0 Å². The summed E-state index contributed by atoms with van der Waals surface area (Å²) in [6.07, 6.45) is 3.06. The molecule has 0 unspecified atom stereocenters. The van der Waals surface area contributed by atoms with E-state index in [2.05, 4.69) is 4.72 Å². The SMILES string of the molecule is Cn1cc(S(=O)(=O)NCCCCCC(=O)O)cc1C(N)=O. The van der Waals surface area contributed by atoms with Crippen LogP contribution in [-0.2, 0) is 21.9 Å². The fraction of sp³-hybridized carbons (Fsp3) is 0.500. The Kier molecular flexibility index (Phi) is 5.91. The summed E-state index contributed by atoms with van der Waals surface area (Å²) in [4.78, 5) is 21.4. The van der Waals surface area contributed by atoms with Crippen molar-refractivity contribution in [1.29, 1.82) is 0 Å². The highest BCUT2D eigenvalue weighted by molar-refractivity contribution is 7.89. The topological polar surface area (TPSA) is 131 Å². The second-order valence-corrected chi connectivity index (χ2v) is 6.41. The molecule has 0 aliphatic heterocycles. The molecule has 0 radical (unpaired) electrons. The van der Waals surface area contributed by atoms with E-state index in [-0.39, 0.29) is 23.6 Å². The standard InChI is InChI=1S/C12H19N3O5S/c1-15-8-9(7-10(15)12(13)18)21(19,20)14-6-4-2-3-5-11(16)17/h7-8,14H,2-6H2,1H3,(H2,13,18)(H,16,17). The smallest absolute Gasteiger partial charge is 0.303 e. The highest BCUT2D eigenvalue weighted by Crippen LogP contribution is 2.13. The fourth-order valence-electron chi connectivity index (χ4n) is 1.79. The number of carboxylic acids is 1. The van der Waals surface area contributed by atoms with E-state index in [4.69, 9.17) is 10.8 Å². The van der Waals surface area contributed by atoms with Crippen LogP contribution in [0.5, 0.6) is 0 Å². The molecule has 0 aliphatic carbocycles. The number of primary amides is 1. The number of hydrogen-bond donors (Lipinski definition) is 3. The van der Waals surface area contributed by atoms with Gasteiger partial charge in [0.25, 0.3) is 5.91 Å². The number of aromatic nitrogens is 1. The van der Waals surface area contributed by atoms with Gasteiger partial charge < -0.3 is 15.4 Å². The van der Waals surface area contributed by atoms with Crippen LogP contribution in [0.4, 0.5) is 0 Å². The number of nitrogens with zero attached hydrogens (tertiary/aromatic N) is 1. The van der Waals surface area contributed by atoms with Crippen molar-refractivity contribution in [3.63, 3.8) is 0 Å². The number of carboxylic acid groups (broad SMARTS) is 1. The Hall–Kier alpha value is -1.87. The minimum Gasteiger partial charge on any atom is -0.481 e. The van der Waals surface area contributed by atoms with Crippen LogP contribution in [0.25, 0.3) is 0 Å². The molecule has 1 heterocycles. The van der Waals surface area contributed by atoms with Gasteiger partial charge >= 0.3 is 5.97 Å². The number of sulfonamides is 1. The summed E-state index contributed by atoms with van der Waals surface area (Å²) in [7, 11) is -2.16. The number of carbonyl (C=O) groups excluding carboxylic acids is 1. The molecule has 0 saturated carbocycles. The minimum absolute atomic E-state index is 0.0238. The van der Waals surface area contributed by atoms with E-state index in [1.165, 1.54) is 23.9 Å². The molecule has 0 bridgehead atoms. The van der Waals surface area contributed by atoms with Gasteiger partial charge in [-0.05, 0) is 18.9 Å². The molecule has 1 rings (SSSR count). The molecule has 118 valence electrons. The first-order chi connectivity index (χ1) is 9.74. The molecule has 0 spiro atoms. The predicted octanol–water partition coefficient (Wildman–Crippen LogP) is 0.0473. The van der Waals surface area contributed by atoms with Crippen molar-refractivity contribution in [1.82, 2.24) is 9.29 Å². The monoisotopic (exact) mass is 317 g/mol. The van der Waals surface area contributed by atoms with E-state index >= 15 is 0 Å². The fourth-order valence-corrected chi connectivity index (χ4v) is 2.94. The zero-order valence-electron chi connectivity index (χ0n) is 11.7. The van der Waals surface area contributed by atoms with Gasteiger partial charge in [0.05, 0.1) is 0 Å². The van der Waals surface area contributed by atoms with Gasteiger partial charge in [0.15, 0.2) is 0 Å². The van der Waals surface area contributed by atoms with Crippen molar-refractivity contribution in [3.05, 3.63) is 18.0 Å². The largest absolute Gasteiger partial charge is 0.481 e. The first-order valence-corrected chi connectivity index (χ1v) is 7.90. The van der Waals surface area contributed by atoms with Crippen LogP contribution in [0.15, 0.2) is 17.2 Å². The number of nitrogens with two attached hydrogens (primary N) is 1. The van der Waals surface area contributed by atoms with Gasteiger partial charge in [0.1, 0.15) is 10.6 Å². The number of aliphatic carboxylic acids is 1. The van der Waals surface area contributed by atoms with Gasteiger partial charge in [-0.1, -0.05) is 6.42 Å². The van der Waals surface area contributed by atoms with Crippen LogP contribution < -0.4 is 10.5 Å². The maximum absolute atomic E-state index is 12.0. The summed E-state index contributed by atoms with van der Waals surface area (Å²) >= 11 is 0. The van der Waals surface area contributed by atoms with E-state index in [0.717, 1.165) is 0 Å². The first kappa shape index (κ1) is 17.2. The molecule has 21 heavy (non-hydrogen) atoms. The summed E-state index contributed by atoms with van der Waals surface area (Å²) < 4.78 is 27.7. The third kappa shape index (κ3) is 5.20. The highest BCUT2D eigenvalue weighted by Gasteiger charge is 2.18. The number of nitrogens with one attached hydrogen (secondary N) is 1. The van der Waals surface area contributed by atoms with Crippen LogP contribution in [-0.4, -0.2) is 36.5 Å². The summed E-state index contributed by atoms with van der Waals surface area (Å²) in [6, 6.07) is 1.22. The van der Waals surface area contributed by atoms with Gasteiger partial charge in [-0.3, -0.25) is 9.59 Å². The van der Waals surface area contributed by atoms with Crippen molar-refractivity contribution >= 4 is 21.9 Å². The predicted molar refractivity (Wildman–Crippen MR) is 75.2 cm³/mol. The number of hydrogen-bond acceptors (Lipinski definition) is 4. The quantitative estimate of drug-likeness (QED) is 0.554. The Bertz CT molecular complexity index is 621. The molecule has 1 aromatic rings. The highest BCUT2D eigenvalue weighted by atomic mass is 32.2. The van der Waals surface area contributed by atoms with Crippen LogP contribution in [0, 0.1) is 0 Å². The molecule has 0 atom stereocenters. The molecule has 1 amide bonds. The summed E-state index contributed by atoms with van der Waals surface area (Å²) in [5.74, 6) is -1.56. The van der Waals surface area contributed by atoms with Gasteiger partial charge in [-0.15, -0.1) is 0 Å². The third-order valence-electron chi connectivity index (χ3n) is 2.90. The lowest BCUT2D eigenvalue weighted by molar-refractivity contribution is -0.137. The summed E-state index contributed by atoms with van der Waals surface area (Å²) in [6.45, 7) is 0.211. The summed E-state index contributed by atoms with van der Waals surface area (Å²) in [5.41, 5.74) is 5.24. The molecule has 0 aliphatic rings. The average molecular weight is 317 g/mol. The van der Waals surface area contributed by atoms with Crippen molar-refractivity contribution in [2.24, 2.45) is 12.8 Å². The second-order valence-electron chi connectivity index (χ2n) is 4.64. The van der Waals surface area contributed by atoms with E-state index in [0.29, 0.717) is 19.3 Å². The van der Waals surface area contributed by atoms with Gasteiger partial charge in [0.2, 0.25) is 10.0 Å². The van der Waals surface area contributed by atoms with Crippen molar-refractivity contribution in [2.45, 2.75) is 30.6 Å². The van der Waals surface area contributed by atoms with Crippen molar-refractivity contribution in [3.8, 4) is 0 Å². The maximum atomic E-state index is 12.0. The van der Waals surface area contributed by atoms with Crippen molar-refractivity contribution < 1.29 is 23.1 Å². The molecule has 8 nitrogen and oxygen atoms in total. The number of carbonyl (C=O) groups is 2. The van der Waals surface area contributed by atoms with E-state index in [9.17, 15) is 18.0 Å². The van der Waals surface area contributed by atoms with Crippen LogP contribution in [0.3, 0.4) is 0 Å². The Morgan fingerprint density at radius 2 is 2.00 bits per heavy atom. The van der Waals surface area contributed by atoms with Crippen LogP contribution in [0.1, 0.15) is 36.2 Å². The number of amides is 1. The Labute approximate surface area is 123 Å². The zero-order valence-corrected chi connectivity index (χ0v) is 12.5. The molecule has 0 fully saturated rings. The Morgan fingerprint density at radius 1 is 1.33 bits per heavy atom. The molecular weight excluding hydrogens is 298 g/mol. The second kappa shape index (κ2) is 7.23. The van der Waals surface area contributed by atoms with E-state index in [1.807, 2.05) is 0 Å².